The first-order chi connectivity index (χ1) is 18.7. The van der Waals surface area contributed by atoms with E-state index in [2.05, 4.69) is 49.1 Å². The van der Waals surface area contributed by atoms with Crippen molar-refractivity contribution in [2.45, 2.75) is 13.8 Å². The number of methoxy groups -OCH3 is 1. The van der Waals surface area contributed by atoms with E-state index in [0.717, 1.165) is 38.2 Å². The van der Waals surface area contributed by atoms with Gasteiger partial charge in [0.2, 0.25) is 0 Å². The SMILES string of the molecule is COC(=O)c1cc(Cl)nn2cc(-c3ccccc3C)nc12.Cc1ccccc1-c1cn2nc(Cl)cc(Br)c2n1. The summed E-state index contributed by atoms with van der Waals surface area (Å²) in [6.07, 6.45) is 3.63. The molecule has 6 aromatic rings. The molecule has 8 nitrogen and oxygen atoms in total. The van der Waals surface area contributed by atoms with E-state index < -0.39 is 5.97 Å². The Kier molecular flexibility index (Phi) is 7.65. The second kappa shape index (κ2) is 11.1. The largest absolute Gasteiger partial charge is 0.465 e. The van der Waals surface area contributed by atoms with Crippen LogP contribution in [0.25, 0.3) is 33.8 Å². The van der Waals surface area contributed by atoms with Crippen LogP contribution in [-0.4, -0.2) is 42.3 Å². The molecule has 0 aliphatic heterocycles. The fourth-order valence-corrected chi connectivity index (χ4v) is 5.10. The van der Waals surface area contributed by atoms with Gasteiger partial charge in [-0.05, 0) is 53.0 Å². The maximum Gasteiger partial charge on any atom is 0.341 e. The summed E-state index contributed by atoms with van der Waals surface area (Å²) in [5.74, 6) is -0.494. The van der Waals surface area contributed by atoms with Crippen molar-refractivity contribution < 1.29 is 9.53 Å². The summed E-state index contributed by atoms with van der Waals surface area (Å²) >= 11 is 15.3. The van der Waals surface area contributed by atoms with Crippen molar-refractivity contribution in [2.75, 3.05) is 7.11 Å². The van der Waals surface area contributed by atoms with Gasteiger partial charge in [0.1, 0.15) is 5.56 Å². The highest BCUT2D eigenvalue weighted by atomic mass is 79.9. The average Bonchev–Trinajstić information content (AvgIpc) is 3.53. The molecule has 0 unspecified atom stereocenters. The predicted molar refractivity (Wildman–Crippen MR) is 155 cm³/mol. The van der Waals surface area contributed by atoms with Crippen LogP contribution in [0.1, 0.15) is 21.5 Å². The van der Waals surface area contributed by atoms with Gasteiger partial charge in [-0.25, -0.2) is 23.8 Å². The van der Waals surface area contributed by atoms with Gasteiger partial charge < -0.3 is 4.74 Å². The number of benzene rings is 2. The minimum Gasteiger partial charge on any atom is -0.465 e. The van der Waals surface area contributed by atoms with E-state index in [1.807, 2.05) is 55.6 Å². The Labute approximate surface area is 242 Å². The van der Waals surface area contributed by atoms with Crippen LogP contribution in [0.2, 0.25) is 10.3 Å². The maximum atomic E-state index is 11.8. The Morgan fingerprint density at radius 1 is 0.795 bits per heavy atom. The van der Waals surface area contributed by atoms with Gasteiger partial charge >= 0.3 is 5.97 Å². The quantitative estimate of drug-likeness (QED) is 0.193. The highest BCUT2D eigenvalue weighted by molar-refractivity contribution is 9.10. The van der Waals surface area contributed by atoms with Crippen molar-refractivity contribution in [3.63, 3.8) is 0 Å². The number of rotatable bonds is 3. The number of esters is 1. The second-order valence-electron chi connectivity index (χ2n) is 8.61. The number of imidazole rings is 2. The third-order valence-corrected chi connectivity index (χ3v) is 6.95. The number of hydrogen-bond acceptors (Lipinski definition) is 6. The minimum absolute atomic E-state index is 0.205. The Bertz CT molecular complexity index is 1850. The van der Waals surface area contributed by atoms with Gasteiger partial charge in [0.25, 0.3) is 0 Å². The predicted octanol–water partition coefficient (Wildman–Crippen LogP) is 7.27. The van der Waals surface area contributed by atoms with E-state index in [1.165, 1.54) is 23.3 Å². The van der Waals surface area contributed by atoms with Gasteiger partial charge in [0.15, 0.2) is 21.6 Å². The van der Waals surface area contributed by atoms with Crippen molar-refractivity contribution in [1.82, 2.24) is 29.2 Å². The van der Waals surface area contributed by atoms with Crippen molar-refractivity contribution in [1.29, 1.82) is 0 Å². The number of hydrogen-bond donors (Lipinski definition) is 0. The van der Waals surface area contributed by atoms with Gasteiger partial charge in [0.05, 0.1) is 35.4 Å². The number of nitrogens with zero attached hydrogens (tertiary/aromatic N) is 6. The average molecular weight is 624 g/mol. The first-order valence-electron chi connectivity index (χ1n) is 11.7. The monoisotopic (exact) mass is 622 g/mol. The van der Waals surface area contributed by atoms with E-state index in [9.17, 15) is 4.79 Å². The van der Waals surface area contributed by atoms with E-state index in [-0.39, 0.29) is 10.7 Å². The van der Waals surface area contributed by atoms with Gasteiger partial charge in [-0.2, -0.15) is 10.2 Å². The molecule has 0 saturated carbocycles. The fraction of sp³-hybridized carbons (Fsp3) is 0.107. The lowest BCUT2D eigenvalue weighted by Crippen LogP contribution is -2.06. The zero-order valence-corrected chi connectivity index (χ0v) is 24.2. The van der Waals surface area contributed by atoms with Crippen LogP contribution in [0.5, 0.6) is 0 Å². The highest BCUT2D eigenvalue weighted by Crippen LogP contribution is 2.27. The van der Waals surface area contributed by atoms with Crippen molar-refractivity contribution in [2.24, 2.45) is 0 Å². The zero-order valence-electron chi connectivity index (χ0n) is 21.1. The minimum atomic E-state index is -0.494. The van der Waals surface area contributed by atoms with Crippen LogP contribution >= 0.6 is 39.1 Å². The Morgan fingerprint density at radius 3 is 1.82 bits per heavy atom. The summed E-state index contributed by atoms with van der Waals surface area (Å²) in [4.78, 5) is 20.9. The first kappa shape index (κ1) is 26.8. The number of carbonyl (C=O) groups excluding carboxylic acids is 1. The molecule has 39 heavy (non-hydrogen) atoms. The molecule has 0 amide bonds. The molecule has 0 bridgehead atoms. The number of ether oxygens (including phenoxy) is 1. The number of aromatic nitrogens is 6. The molecule has 4 heterocycles. The normalized spacial score (nSPS) is 10.9. The molecule has 6 rings (SSSR count). The highest BCUT2D eigenvalue weighted by Gasteiger charge is 2.17. The van der Waals surface area contributed by atoms with Crippen LogP contribution in [0.3, 0.4) is 0 Å². The molecule has 2 aromatic carbocycles. The lowest BCUT2D eigenvalue weighted by Gasteiger charge is -2.01. The van der Waals surface area contributed by atoms with E-state index in [4.69, 9.17) is 27.9 Å². The van der Waals surface area contributed by atoms with E-state index >= 15 is 0 Å². The van der Waals surface area contributed by atoms with E-state index in [1.54, 1.807) is 16.8 Å². The molecule has 196 valence electrons. The van der Waals surface area contributed by atoms with Crippen LogP contribution in [0.15, 0.2) is 77.5 Å². The summed E-state index contributed by atoms with van der Waals surface area (Å²) in [6.45, 7) is 4.07. The first-order valence-corrected chi connectivity index (χ1v) is 13.3. The lowest BCUT2D eigenvalue weighted by atomic mass is 10.1. The topological polar surface area (TPSA) is 86.7 Å². The molecule has 0 fully saturated rings. The number of fused-ring (bicyclic) bond motifs is 2. The molecule has 0 spiro atoms. The standard InChI is InChI=1S/C15H12ClN3O2.C13H9BrClN3/c1-9-5-3-4-6-10(9)12-8-19-14(17-12)11(15(20)21-2)7-13(16)18-19;1-8-4-2-3-5-9(8)11-7-18-13(16-11)10(14)6-12(15)17-18/h3-8H,1-2H3;2-7H,1H3. The summed E-state index contributed by atoms with van der Waals surface area (Å²) < 4.78 is 8.78. The molecule has 0 radical (unpaired) electrons. The molecule has 11 heteroatoms. The lowest BCUT2D eigenvalue weighted by molar-refractivity contribution is 0.0602. The Balaban J connectivity index is 0.000000160. The molecular formula is C28H21BrCl2N6O2. The van der Waals surface area contributed by atoms with Crippen molar-refractivity contribution in [3.05, 3.63) is 105 Å². The Hall–Kier alpha value is -3.79. The molecule has 0 aliphatic rings. The number of halogens is 3. The number of carbonyl (C=O) groups is 1. The van der Waals surface area contributed by atoms with Gasteiger partial charge in [-0.1, -0.05) is 71.7 Å². The van der Waals surface area contributed by atoms with Crippen LogP contribution in [0.4, 0.5) is 0 Å². The molecular weight excluding hydrogens is 603 g/mol. The van der Waals surface area contributed by atoms with Crippen LogP contribution < -0.4 is 0 Å². The molecule has 4 aromatic heterocycles. The summed E-state index contributed by atoms with van der Waals surface area (Å²) in [7, 11) is 1.32. The van der Waals surface area contributed by atoms with Crippen molar-refractivity contribution >= 4 is 56.4 Å². The van der Waals surface area contributed by atoms with Gasteiger partial charge in [0, 0.05) is 11.1 Å². The summed E-state index contributed by atoms with van der Waals surface area (Å²) in [6, 6.07) is 19.2. The van der Waals surface area contributed by atoms with Gasteiger partial charge in [-0.3, -0.25) is 0 Å². The summed E-state index contributed by atoms with van der Waals surface area (Å²) in [5.41, 5.74) is 7.45. The zero-order chi connectivity index (χ0) is 27.7. The molecule has 0 saturated heterocycles. The third kappa shape index (κ3) is 5.52. The second-order valence-corrected chi connectivity index (χ2v) is 10.2. The van der Waals surface area contributed by atoms with Crippen molar-refractivity contribution in [3.8, 4) is 22.5 Å². The number of aryl methyl sites for hydroxylation is 2. The van der Waals surface area contributed by atoms with Gasteiger partial charge in [-0.15, -0.1) is 0 Å². The fourth-order valence-electron chi connectivity index (χ4n) is 4.10. The summed E-state index contributed by atoms with van der Waals surface area (Å²) in [5, 5.41) is 8.98. The smallest absolute Gasteiger partial charge is 0.341 e. The third-order valence-electron chi connectivity index (χ3n) is 5.99. The Morgan fingerprint density at radius 2 is 1.28 bits per heavy atom. The van der Waals surface area contributed by atoms with Crippen LogP contribution in [0, 0.1) is 13.8 Å². The van der Waals surface area contributed by atoms with Crippen LogP contribution in [-0.2, 0) is 4.74 Å². The molecule has 0 N–H and O–H groups in total. The van der Waals surface area contributed by atoms with E-state index in [0.29, 0.717) is 10.8 Å². The molecule has 0 atom stereocenters. The molecule has 0 aliphatic carbocycles. The maximum absolute atomic E-state index is 11.8.